The van der Waals surface area contributed by atoms with E-state index >= 15 is 0 Å². The third-order valence-corrected chi connectivity index (χ3v) is 5.98. The zero-order valence-electron chi connectivity index (χ0n) is 17.4. The second kappa shape index (κ2) is 9.74. The Kier molecular flexibility index (Phi) is 7.10. The van der Waals surface area contributed by atoms with Gasteiger partial charge >= 0.3 is 0 Å². The van der Waals surface area contributed by atoms with Crippen molar-refractivity contribution in [1.82, 2.24) is 10.2 Å². The molecule has 1 fully saturated rings. The highest BCUT2D eigenvalue weighted by molar-refractivity contribution is 5.81. The molecule has 1 N–H and O–H groups in total. The summed E-state index contributed by atoms with van der Waals surface area (Å²) in [6, 6.07) is 18.9. The standard InChI is InChI=1S/C24H33N3O/c1-4-21(22-11-6-5-7-12-22)18-25-24(28)20(3)26-14-16-27(17-15-26)23-13-9-8-10-19(23)2/h5-13,20-21H,4,14-18H2,1-3H3,(H,25,28)/t20-,21-/m0/s1. The van der Waals surface area contributed by atoms with Crippen LogP contribution in [0.3, 0.4) is 0 Å². The fourth-order valence-electron chi connectivity index (χ4n) is 4.03. The quantitative estimate of drug-likeness (QED) is 0.794. The van der Waals surface area contributed by atoms with Crippen LogP contribution in [0.5, 0.6) is 0 Å². The number of para-hydroxylation sites is 1. The molecular weight excluding hydrogens is 346 g/mol. The van der Waals surface area contributed by atoms with E-state index in [1.54, 1.807) is 0 Å². The van der Waals surface area contributed by atoms with Crippen LogP contribution >= 0.6 is 0 Å². The molecule has 4 heteroatoms. The summed E-state index contributed by atoms with van der Waals surface area (Å²) >= 11 is 0. The number of hydrogen-bond donors (Lipinski definition) is 1. The van der Waals surface area contributed by atoms with Gasteiger partial charge in [-0.25, -0.2) is 0 Å². The van der Waals surface area contributed by atoms with E-state index in [4.69, 9.17) is 0 Å². The van der Waals surface area contributed by atoms with Crippen molar-refractivity contribution >= 4 is 11.6 Å². The Morgan fingerprint density at radius 2 is 1.64 bits per heavy atom. The Hall–Kier alpha value is -2.33. The van der Waals surface area contributed by atoms with Gasteiger partial charge in [0.05, 0.1) is 6.04 Å². The predicted octanol–water partition coefficient (Wildman–Crippen LogP) is 3.82. The molecule has 1 aliphatic rings. The topological polar surface area (TPSA) is 35.6 Å². The van der Waals surface area contributed by atoms with E-state index in [1.165, 1.54) is 16.8 Å². The zero-order chi connectivity index (χ0) is 19.9. The summed E-state index contributed by atoms with van der Waals surface area (Å²) in [7, 11) is 0. The summed E-state index contributed by atoms with van der Waals surface area (Å²) in [5, 5.41) is 3.19. The van der Waals surface area contributed by atoms with E-state index in [-0.39, 0.29) is 11.9 Å². The Bertz CT molecular complexity index is 753. The Morgan fingerprint density at radius 3 is 2.29 bits per heavy atom. The van der Waals surface area contributed by atoms with Gasteiger partial charge in [-0.15, -0.1) is 0 Å². The second-order valence-corrected chi connectivity index (χ2v) is 7.75. The Labute approximate surface area is 169 Å². The molecule has 0 aliphatic carbocycles. The van der Waals surface area contributed by atoms with Crippen LogP contribution in [0.4, 0.5) is 5.69 Å². The van der Waals surface area contributed by atoms with E-state index in [0.29, 0.717) is 12.5 Å². The minimum Gasteiger partial charge on any atom is -0.369 e. The van der Waals surface area contributed by atoms with Crippen LogP contribution in [0.1, 0.15) is 37.3 Å². The highest BCUT2D eigenvalue weighted by Gasteiger charge is 2.26. The summed E-state index contributed by atoms with van der Waals surface area (Å²) < 4.78 is 0. The van der Waals surface area contributed by atoms with Crippen molar-refractivity contribution in [3.8, 4) is 0 Å². The van der Waals surface area contributed by atoms with Crippen molar-refractivity contribution < 1.29 is 4.79 Å². The van der Waals surface area contributed by atoms with Crippen molar-refractivity contribution in [3.63, 3.8) is 0 Å². The fraction of sp³-hybridized carbons (Fsp3) is 0.458. The molecule has 150 valence electrons. The Morgan fingerprint density at radius 1 is 1.00 bits per heavy atom. The summed E-state index contributed by atoms with van der Waals surface area (Å²) in [5.74, 6) is 0.508. The molecule has 2 atom stereocenters. The number of nitrogens with zero attached hydrogens (tertiary/aromatic N) is 2. The molecule has 1 amide bonds. The van der Waals surface area contributed by atoms with Crippen molar-refractivity contribution in [2.24, 2.45) is 0 Å². The molecule has 1 aliphatic heterocycles. The van der Waals surface area contributed by atoms with Gasteiger partial charge in [0.2, 0.25) is 5.91 Å². The van der Waals surface area contributed by atoms with Gasteiger partial charge in [0.25, 0.3) is 0 Å². The zero-order valence-corrected chi connectivity index (χ0v) is 17.4. The number of carbonyl (C=O) groups is 1. The molecule has 0 radical (unpaired) electrons. The molecule has 1 saturated heterocycles. The molecule has 0 unspecified atom stereocenters. The monoisotopic (exact) mass is 379 g/mol. The smallest absolute Gasteiger partial charge is 0.237 e. The number of hydrogen-bond acceptors (Lipinski definition) is 3. The molecule has 1 heterocycles. The summed E-state index contributed by atoms with van der Waals surface area (Å²) in [5.41, 5.74) is 3.92. The number of anilines is 1. The Balaban J connectivity index is 1.50. The number of carbonyl (C=O) groups excluding carboxylic acids is 1. The van der Waals surface area contributed by atoms with Gasteiger partial charge < -0.3 is 10.2 Å². The first kappa shape index (κ1) is 20.4. The van der Waals surface area contributed by atoms with Gasteiger partial charge in [-0.2, -0.15) is 0 Å². The van der Waals surface area contributed by atoms with Crippen LogP contribution in [0.2, 0.25) is 0 Å². The van der Waals surface area contributed by atoms with Gasteiger partial charge in [0, 0.05) is 44.3 Å². The van der Waals surface area contributed by atoms with Crippen LogP contribution in [0, 0.1) is 6.92 Å². The van der Waals surface area contributed by atoms with Crippen LogP contribution in [0.15, 0.2) is 54.6 Å². The average molecular weight is 380 g/mol. The third kappa shape index (κ3) is 4.93. The summed E-state index contributed by atoms with van der Waals surface area (Å²) in [6.07, 6.45) is 1.02. The number of rotatable bonds is 7. The van der Waals surface area contributed by atoms with Crippen LogP contribution in [0.25, 0.3) is 0 Å². The molecule has 28 heavy (non-hydrogen) atoms. The first-order valence-electron chi connectivity index (χ1n) is 10.5. The second-order valence-electron chi connectivity index (χ2n) is 7.75. The summed E-state index contributed by atoms with van der Waals surface area (Å²) in [6.45, 7) is 10.8. The van der Waals surface area contributed by atoms with Gasteiger partial charge in [-0.1, -0.05) is 55.5 Å². The first-order valence-corrected chi connectivity index (χ1v) is 10.5. The van der Waals surface area contributed by atoms with Crippen LogP contribution < -0.4 is 10.2 Å². The largest absolute Gasteiger partial charge is 0.369 e. The van der Waals surface area contributed by atoms with Crippen LogP contribution in [-0.2, 0) is 4.79 Å². The molecule has 0 bridgehead atoms. The minimum atomic E-state index is -0.0905. The lowest BCUT2D eigenvalue weighted by atomic mass is 9.96. The van der Waals surface area contributed by atoms with E-state index in [2.05, 4.69) is 77.5 Å². The number of piperazine rings is 1. The molecular formula is C24H33N3O. The van der Waals surface area contributed by atoms with E-state index in [0.717, 1.165) is 32.6 Å². The maximum atomic E-state index is 12.7. The highest BCUT2D eigenvalue weighted by atomic mass is 16.2. The molecule has 0 aromatic heterocycles. The van der Waals surface area contributed by atoms with Crippen molar-refractivity contribution in [2.75, 3.05) is 37.6 Å². The van der Waals surface area contributed by atoms with Crippen molar-refractivity contribution in [2.45, 2.75) is 39.2 Å². The lowest BCUT2D eigenvalue weighted by Crippen LogP contribution is -2.54. The minimum absolute atomic E-state index is 0.0905. The number of amides is 1. The first-order chi connectivity index (χ1) is 13.6. The van der Waals surface area contributed by atoms with E-state index < -0.39 is 0 Å². The third-order valence-electron chi connectivity index (χ3n) is 5.98. The van der Waals surface area contributed by atoms with Gasteiger partial charge in [-0.3, -0.25) is 9.69 Å². The lowest BCUT2D eigenvalue weighted by Gasteiger charge is -2.39. The SMILES string of the molecule is CC[C@@H](CNC(=O)[C@H](C)N1CCN(c2ccccc2C)CC1)c1ccccc1. The van der Waals surface area contributed by atoms with Gasteiger partial charge in [0.1, 0.15) is 0 Å². The fourth-order valence-corrected chi connectivity index (χ4v) is 4.03. The summed E-state index contributed by atoms with van der Waals surface area (Å²) in [4.78, 5) is 17.5. The van der Waals surface area contributed by atoms with E-state index in [1.807, 2.05) is 13.0 Å². The molecule has 4 nitrogen and oxygen atoms in total. The highest BCUT2D eigenvalue weighted by Crippen LogP contribution is 2.22. The molecule has 0 spiro atoms. The predicted molar refractivity (Wildman–Crippen MR) is 117 cm³/mol. The van der Waals surface area contributed by atoms with Gasteiger partial charge in [0.15, 0.2) is 0 Å². The normalized spacial score (nSPS) is 17.2. The molecule has 2 aromatic carbocycles. The van der Waals surface area contributed by atoms with Gasteiger partial charge in [-0.05, 0) is 37.5 Å². The van der Waals surface area contributed by atoms with Crippen molar-refractivity contribution in [3.05, 3.63) is 65.7 Å². The van der Waals surface area contributed by atoms with E-state index in [9.17, 15) is 4.79 Å². The maximum absolute atomic E-state index is 12.7. The lowest BCUT2D eigenvalue weighted by molar-refractivity contribution is -0.126. The van der Waals surface area contributed by atoms with Crippen molar-refractivity contribution in [1.29, 1.82) is 0 Å². The van der Waals surface area contributed by atoms with Crippen LogP contribution in [-0.4, -0.2) is 49.6 Å². The maximum Gasteiger partial charge on any atom is 0.237 e. The molecule has 2 aromatic rings. The molecule has 0 saturated carbocycles. The molecule has 3 rings (SSSR count). The number of aryl methyl sites for hydroxylation is 1. The number of nitrogens with one attached hydrogen (secondary N) is 1. The average Bonchev–Trinajstić information content (AvgIpc) is 2.75. The number of benzene rings is 2.